The smallest absolute Gasteiger partial charge is 0.307 e. The molecule has 4 aromatic carbocycles. The molecule has 0 saturated heterocycles. The van der Waals surface area contributed by atoms with Crippen molar-refractivity contribution in [1.29, 1.82) is 0 Å². The molecule has 0 aliphatic carbocycles. The first-order chi connectivity index (χ1) is 28.6. The zero-order valence-corrected chi connectivity index (χ0v) is 38.3. The number of anilines is 1. The van der Waals surface area contributed by atoms with Crippen molar-refractivity contribution in [2.75, 3.05) is 28.8 Å². The van der Waals surface area contributed by atoms with Gasteiger partial charge in [0, 0.05) is 82.4 Å². The van der Waals surface area contributed by atoms with Gasteiger partial charge in [-0.15, -0.1) is 11.6 Å². The second kappa shape index (κ2) is 17.8. The van der Waals surface area contributed by atoms with E-state index in [0.717, 1.165) is 60.7 Å². The topological polar surface area (TPSA) is 133 Å². The minimum atomic E-state index is -2.21. The highest BCUT2D eigenvalue weighted by atomic mass is 35.5. The molecule has 2 aromatic heterocycles. The number of carboxylic acids is 1. The molecule has 0 saturated carbocycles. The molecule has 1 aliphatic rings. The molecule has 1 aliphatic heterocycles. The van der Waals surface area contributed by atoms with Crippen molar-refractivity contribution >= 4 is 103 Å². The van der Waals surface area contributed by atoms with Gasteiger partial charge < -0.3 is 24.4 Å². The normalized spacial score (nSPS) is 14.8. The van der Waals surface area contributed by atoms with Gasteiger partial charge in [-0.1, -0.05) is 85.7 Å². The third-order valence-corrected chi connectivity index (χ3v) is 19.3. The first-order valence-corrected chi connectivity index (χ1v) is 26.4. The minimum Gasteiger partial charge on any atom is -0.543 e. The maximum absolute atomic E-state index is 14.4. The molecule has 2 atom stereocenters. The number of alkyl halides is 1. The maximum atomic E-state index is 14.4. The minimum absolute atomic E-state index is 0.00939. The van der Waals surface area contributed by atoms with Crippen LogP contribution in [0, 0.1) is 5.92 Å². The first-order valence-electron chi connectivity index (χ1n) is 20.4. The van der Waals surface area contributed by atoms with Crippen LogP contribution in [-0.4, -0.2) is 70.8 Å². The Labute approximate surface area is 364 Å². The Kier molecular flexibility index (Phi) is 13.0. The van der Waals surface area contributed by atoms with E-state index in [2.05, 4.69) is 56.0 Å². The Hall–Kier alpha value is -4.49. The fourth-order valence-corrected chi connectivity index (χ4v) is 11.3. The number of nitrogens with zero attached hydrogens (tertiary/aromatic N) is 1. The zero-order chi connectivity index (χ0) is 42.9. The molecule has 60 heavy (non-hydrogen) atoms. The van der Waals surface area contributed by atoms with Crippen LogP contribution >= 0.6 is 33.2 Å². The number of carboxylic acid groups (broad SMARTS) is 1. The summed E-state index contributed by atoms with van der Waals surface area (Å²) >= 11 is 6.59. The number of hydrogen-bond acceptors (Lipinski definition) is 7. The Balaban J connectivity index is 1.03. The highest BCUT2D eigenvalue weighted by Crippen LogP contribution is 2.48. The number of fused-ring (bicyclic) bond motifs is 5. The molecule has 0 radical (unpaired) electrons. The van der Waals surface area contributed by atoms with E-state index in [9.17, 15) is 24.3 Å². The van der Waals surface area contributed by atoms with Crippen molar-refractivity contribution in [3.63, 3.8) is 0 Å². The van der Waals surface area contributed by atoms with Crippen LogP contribution in [0.1, 0.15) is 84.1 Å². The van der Waals surface area contributed by atoms with E-state index >= 15 is 0 Å². The number of aromatic amines is 2. The van der Waals surface area contributed by atoms with Crippen LogP contribution in [0.4, 0.5) is 5.69 Å². The molecule has 3 N–H and O–H groups in total. The number of hydrogen-bond donors (Lipinski definition) is 3. The summed E-state index contributed by atoms with van der Waals surface area (Å²) in [5.74, 6) is 1.03. The summed E-state index contributed by atoms with van der Waals surface area (Å²) in [6.45, 7) is 13.4. The van der Waals surface area contributed by atoms with Gasteiger partial charge in [0.2, 0.25) is 0 Å². The second-order valence-corrected chi connectivity index (χ2v) is 25.0. The first kappa shape index (κ1) is 43.6. The summed E-state index contributed by atoms with van der Waals surface area (Å²) in [4.78, 5) is 60.3. The van der Waals surface area contributed by atoms with Gasteiger partial charge in [0.25, 0.3) is 14.2 Å². The van der Waals surface area contributed by atoms with Crippen molar-refractivity contribution in [3.05, 3.63) is 107 Å². The molecule has 1 amide bonds. The van der Waals surface area contributed by atoms with Crippen LogP contribution in [0.15, 0.2) is 78.9 Å². The summed E-state index contributed by atoms with van der Waals surface area (Å²) in [6.07, 6.45) is 1.46. The maximum Gasteiger partial charge on any atom is 0.307 e. The Bertz CT molecular complexity index is 2610. The molecular weight excluding hydrogens is 830 g/mol. The number of H-pyrrole nitrogens is 2. The lowest BCUT2D eigenvalue weighted by Gasteiger charge is -2.37. The third kappa shape index (κ3) is 9.22. The molecule has 0 spiro atoms. The number of carbonyl (C=O) groups excluding carboxylic acids is 3. The number of Topliss-reactive ketones (excluding diaryl/α,β-unsaturated/α-hetero) is 2. The van der Waals surface area contributed by atoms with E-state index < -0.39 is 14.3 Å². The molecule has 6 aromatic rings. The number of nitrogens with one attached hydrogen (secondary N) is 2. The van der Waals surface area contributed by atoms with Gasteiger partial charge in [-0.25, -0.2) is 0 Å². The monoisotopic (exact) mass is 881 g/mol. The van der Waals surface area contributed by atoms with Crippen LogP contribution in [0.2, 0.25) is 18.1 Å². The summed E-state index contributed by atoms with van der Waals surface area (Å²) < 4.78 is 6.90. The molecule has 0 fully saturated rings. The predicted octanol–water partition coefficient (Wildman–Crippen LogP) is 11.6. The van der Waals surface area contributed by atoms with Crippen molar-refractivity contribution in [3.8, 4) is 5.75 Å². The lowest BCUT2D eigenvalue weighted by Crippen LogP contribution is -2.44. The summed E-state index contributed by atoms with van der Waals surface area (Å²) in [7, 11) is 0.830. The number of carbonyl (C=O) groups is 4. The molecule has 9 nitrogen and oxygen atoms in total. The van der Waals surface area contributed by atoms with Crippen molar-refractivity contribution in [2.24, 2.45) is 5.92 Å². The number of benzene rings is 4. The van der Waals surface area contributed by atoms with Crippen molar-refractivity contribution < 1.29 is 28.7 Å². The van der Waals surface area contributed by atoms with Crippen LogP contribution < -0.4 is 9.33 Å². The molecular formula is C47H52ClN3O6S2Si. The number of aliphatic carboxylic acids is 1. The number of rotatable bonds is 17. The van der Waals surface area contributed by atoms with E-state index in [4.69, 9.17) is 16.0 Å². The Morgan fingerprint density at radius 1 is 0.883 bits per heavy atom. The Morgan fingerprint density at radius 3 is 2.15 bits per heavy atom. The third-order valence-electron chi connectivity index (χ3n) is 12.1. The van der Waals surface area contributed by atoms with E-state index in [1.54, 1.807) is 0 Å². The SMILES string of the molecule is CC[C@@H](CSSCCC(=O)Cc1ccc2[nH]c(C(=O)Cc3ccc4[nH]c(C(=O)N5CC(CCl)c6c5cc(O[Si](C)(C)C(C)(C)C)c5ccccc65)cc4c3)cc2c1)C(=O)O. The average molecular weight is 883 g/mol. The molecule has 1 unspecified atom stereocenters. The largest absolute Gasteiger partial charge is 0.543 e. The fourth-order valence-electron chi connectivity index (χ4n) is 7.54. The Morgan fingerprint density at radius 2 is 1.52 bits per heavy atom. The van der Waals surface area contributed by atoms with E-state index in [0.29, 0.717) is 54.6 Å². The van der Waals surface area contributed by atoms with Gasteiger partial charge >= 0.3 is 5.97 Å². The second-order valence-electron chi connectivity index (χ2n) is 17.3. The van der Waals surface area contributed by atoms with E-state index in [-0.39, 0.29) is 40.8 Å². The molecule has 13 heteroatoms. The van der Waals surface area contributed by atoms with Crippen LogP contribution in [0.25, 0.3) is 32.6 Å². The number of amides is 1. The van der Waals surface area contributed by atoms with Crippen LogP contribution in [0.3, 0.4) is 0 Å². The number of halogens is 1. The van der Waals surface area contributed by atoms with E-state index in [1.165, 1.54) is 21.6 Å². The highest BCUT2D eigenvalue weighted by Gasteiger charge is 2.41. The van der Waals surface area contributed by atoms with Gasteiger partial charge in [-0.2, -0.15) is 0 Å². The van der Waals surface area contributed by atoms with Gasteiger partial charge in [0.1, 0.15) is 17.2 Å². The highest BCUT2D eigenvalue weighted by molar-refractivity contribution is 8.76. The summed E-state index contributed by atoms with van der Waals surface area (Å²) in [5.41, 5.74) is 6.17. The van der Waals surface area contributed by atoms with Gasteiger partial charge in [0.05, 0.1) is 17.3 Å². The number of aromatic nitrogens is 2. The quantitative estimate of drug-likeness (QED) is 0.0271. The molecule has 3 heterocycles. The van der Waals surface area contributed by atoms with E-state index in [1.807, 2.05) is 78.6 Å². The van der Waals surface area contributed by atoms with Gasteiger partial charge in [-0.3, -0.25) is 19.2 Å². The van der Waals surface area contributed by atoms with Gasteiger partial charge in [-0.05, 0) is 83.0 Å². The molecule has 7 rings (SSSR count). The van der Waals surface area contributed by atoms with Crippen molar-refractivity contribution in [2.45, 2.75) is 77.4 Å². The predicted molar refractivity (Wildman–Crippen MR) is 251 cm³/mol. The lowest BCUT2D eigenvalue weighted by atomic mass is 9.95. The number of ketones is 2. The molecule has 0 bridgehead atoms. The standard InChI is InChI=1S/C47H52ClN3O6S2Si/c1-7-30(46(55)56)27-59-58-17-16-34(52)20-28-12-14-37-31(18-28)22-39(49-37)42(53)21-29-13-15-38-32(19-29)23-40(50-38)45(54)51-26-33(25-48)44-36-11-9-8-10-35(36)43(24-41(44)51)57-60(5,6)47(2,3)4/h8-15,18-19,22-24,30,33,49-50H,7,16-17,20-21,25-27H2,1-6H3,(H,55,56)/t30-,33?/m0/s1. The summed E-state index contributed by atoms with van der Waals surface area (Å²) in [6, 6.07) is 25.5. The average Bonchev–Trinajstić information content (AvgIpc) is 3.93. The zero-order valence-electron chi connectivity index (χ0n) is 34.9. The fraction of sp³-hybridized carbons (Fsp3) is 0.362. The van der Waals surface area contributed by atoms with Crippen LogP contribution in [0.5, 0.6) is 5.75 Å². The van der Waals surface area contributed by atoms with Crippen molar-refractivity contribution in [1.82, 2.24) is 9.97 Å². The lowest BCUT2D eigenvalue weighted by molar-refractivity contribution is -0.141. The van der Waals surface area contributed by atoms with Crippen LogP contribution in [-0.2, 0) is 22.4 Å². The van der Waals surface area contributed by atoms with Gasteiger partial charge in [0.15, 0.2) is 5.78 Å². The summed E-state index contributed by atoms with van der Waals surface area (Å²) in [5, 5.41) is 13.0. The molecule has 314 valence electrons.